The van der Waals surface area contributed by atoms with Gasteiger partial charge in [0.15, 0.2) is 5.78 Å². The van der Waals surface area contributed by atoms with Gasteiger partial charge in [0, 0.05) is 23.8 Å². The third kappa shape index (κ3) is 4.15. The van der Waals surface area contributed by atoms with E-state index in [1.165, 1.54) is 12.0 Å². The maximum atomic E-state index is 13.6. The van der Waals surface area contributed by atoms with E-state index in [1.54, 1.807) is 49.6 Å². The number of aromatic nitrogens is 1. The second-order valence-electron chi connectivity index (χ2n) is 7.50. The van der Waals surface area contributed by atoms with Crippen molar-refractivity contribution in [1.29, 1.82) is 0 Å². The third-order valence-corrected chi connectivity index (χ3v) is 5.73. The molecule has 0 radical (unpaired) electrons. The van der Waals surface area contributed by atoms with Gasteiger partial charge < -0.3 is 14.2 Å². The van der Waals surface area contributed by atoms with Crippen molar-refractivity contribution in [2.45, 2.75) is 60.2 Å². The summed E-state index contributed by atoms with van der Waals surface area (Å²) in [6, 6.07) is 5.81. The number of hydrogen-bond donors (Lipinski definition) is 0. The molecule has 2 aromatic rings. The summed E-state index contributed by atoms with van der Waals surface area (Å²) in [5.74, 6) is -1.02. The Morgan fingerprint density at radius 2 is 1.73 bits per heavy atom. The first-order valence-electron chi connectivity index (χ1n) is 9.97. The van der Waals surface area contributed by atoms with Gasteiger partial charge in [-0.3, -0.25) is 9.59 Å². The maximum absolute atomic E-state index is 13.6. The van der Waals surface area contributed by atoms with E-state index in [0.29, 0.717) is 39.6 Å². The van der Waals surface area contributed by atoms with Crippen molar-refractivity contribution < 1.29 is 19.1 Å². The Bertz CT molecular complexity index is 978. The zero-order valence-electron chi connectivity index (χ0n) is 18.6. The number of nitrogens with zero attached hydrogens (tertiary/aromatic N) is 2. The SMILES string of the molecule is CCn1c(C)c(C(=O)C(C)N(C(=O)c2ccccc2Cl)C(C)C)c(C)c1C(=O)OC. The molecule has 1 amide bonds. The van der Waals surface area contributed by atoms with Crippen molar-refractivity contribution in [3.63, 3.8) is 0 Å². The molecule has 0 N–H and O–H groups in total. The van der Waals surface area contributed by atoms with Crippen LogP contribution in [0.15, 0.2) is 24.3 Å². The lowest BCUT2D eigenvalue weighted by molar-refractivity contribution is 0.0565. The van der Waals surface area contributed by atoms with Gasteiger partial charge in [-0.15, -0.1) is 0 Å². The van der Waals surface area contributed by atoms with Crippen LogP contribution >= 0.6 is 11.6 Å². The number of amides is 1. The van der Waals surface area contributed by atoms with Crippen LogP contribution in [0.3, 0.4) is 0 Å². The number of benzene rings is 1. The fourth-order valence-corrected chi connectivity index (χ4v) is 4.20. The van der Waals surface area contributed by atoms with Crippen molar-refractivity contribution in [2.75, 3.05) is 7.11 Å². The van der Waals surface area contributed by atoms with Gasteiger partial charge >= 0.3 is 5.97 Å². The van der Waals surface area contributed by atoms with Crippen molar-refractivity contribution in [1.82, 2.24) is 9.47 Å². The van der Waals surface area contributed by atoms with Gasteiger partial charge in [0.2, 0.25) is 0 Å². The highest BCUT2D eigenvalue weighted by molar-refractivity contribution is 6.33. The molecule has 1 atom stereocenters. The molecule has 1 unspecified atom stereocenters. The van der Waals surface area contributed by atoms with Gasteiger partial charge in [0.1, 0.15) is 5.69 Å². The molecule has 0 fully saturated rings. The van der Waals surface area contributed by atoms with Crippen LogP contribution in [0.2, 0.25) is 5.02 Å². The number of halogens is 1. The van der Waals surface area contributed by atoms with Crippen molar-refractivity contribution in [2.24, 2.45) is 0 Å². The van der Waals surface area contributed by atoms with Crippen LogP contribution < -0.4 is 0 Å². The Morgan fingerprint density at radius 3 is 2.23 bits per heavy atom. The van der Waals surface area contributed by atoms with Crippen LogP contribution in [-0.2, 0) is 11.3 Å². The molecule has 162 valence electrons. The first-order chi connectivity index (χ1) is 14.1. The first kappa shape index (κ1) is 23.7. The van der Waals surface area contributed by atoms with Crippen molar-refractivity contribution >= 4 is 29.3 Å². The largest absolute Gasteiger partial charge is 0.464 e. The summed E-state index contributed by atoms with van der Waals surface area (Å²) in [4.78, 5) is 40.6. The molecule has 6 nitrogen and oxygen atoms in total. The summed E-state index contributed by atoms with van der Waals surface area (Å²) in [5, 5.41) is 0.338. The van der Waals surface area contributed by atoms with Crippen LogP contribution in [0.4, 0.5) is 0 Å². The molecule has 2 rings (SSSR count). The fraction of sp³-hybridized carbons (Fsp3) is 0.435. The molecular weight excluding hydrogens is 404 g/mol. The van der Waals surface area contributed by atoms with E-state index in [0.717, 1.165) is 0 Å². The monoisotopic (exact) mass is 432 g/mol. The Morgan fingerprint density at radius 1 is 1.13 bits per heavy atom. The average Bonchev–Trinajstić information content (AvgIpc) is 2.96. The molecule has 0 saturated heterocycles. The summed E-state index contributed by atoms with van der Waals surface area (Å²) < 4.78 is 6.69. The number of ether oxygens (including phenoxy) is 1. The van der Waals surface area contributed by atoms with E-state index in [4.69, 9.17) is 16.3 Å². The van der Waals surface area contributed by atoms with Gasteiger partial charge in [-0.2, -0.15) is 0 Å². The van der Waals surface area contributed by atoms with E-state index in [9.17, 15) is 14.4 Å². The minimum Gasteiger partial charge on any atom is -0.464 e. The van der Waals surface area contributed by atoms with Crippen LogP contribution in [0, 0.1) is 13.8 Å². The number of esters is 1. The number of hydrogen-bond acceptors (Lipinski definition) is 4. The second-order valence-corrected chi connectivity index (χ2v) is 7.90. The Kier molecular flexibility index (Phi) is 7.48. The average molecular weight is 433 g/mol. The predicted octanol–water partition coefficient (Wildman–Crippen LogP) is 4.69. The van der Waals surface area contributed by atoms with Crippen molar-refractivity contribution in [3.8, 4) is 0 Å². The first-order valence-corrected chi connectivity index (χ1v) is 10.4. The molecule has 0 aliphatic carbocycles. The molecule has 0 saturated carbocycles. The summed E-state index contributed by atoms with van der Waals surface area (Å²) in [6.45, 7) is 11.4. The molecule has 0 aliphatic heterocycles. The van der Waals surface area contributed by atoms with E-state index >= 15 is 0 Å². The highest BCUT2D eigenvalue weighted by Crippen LogP contribution is 2.27. The predicted molar refractivity (Wildman–Crippen MR) is 117 cm³/mol. The molecule has 0 aliphatic rings. The van der Waals surface area contributed by atoms with Crippen molar-refractivity contribution in [3.05, 3.63) is 57.4 Å². The molecule has 0 bridgehead atoms. The van der Waals surface area contributed by atoms with Crippen LogP contribution in [-0.4, -0.2) is 46.3 Å². The number of ketones is 1. The highest BCUT2D eigenvalue weighted by Gasteiger charge is 2.34. The number of rotatable bonds is 7. The quantitative estimate of drug-likeness (QED) is 0.470. The van der Waals surface area contributed by atoms with Gasteiger partial charge in [-0.05, 0) is 59.2 Å². The van der Waals surface area contributed by atoms with Gasteiger partial charge in [0.05, 0.1) is 23.7 Å². The number of Topliss-reactive ketones (excluding diaryl/α,β-unsaturated/α-hetero) is 1. The summed E-state index contributed by atoms with van der Waals surface area (Å²) in [5.41, 5.74) is 2.40. The van der Waals surface area contributed by atoms with E-state index in [-0.39, 0.29) is 17.7 Å². The zero-order valence-corrected chi connectivity index (χ0v) is 19.3. The van der Waals surface area contributed by atoms with Gasteiger partial charge in [-0.25, -0.2) is 4.79 Å². The van der Waals surface area contributed by atoms with Crippen LogP contribution in [0.5, 0.6) is 0 Å². The van der Waals surface area contributed by atoms with Crippen LogP contribution in [0.1, 0.15) is 70.2 Å². The molecular formula is C23H29ClN2O4. The summed E-state index contributed by atoms with van der Waals surface area (Å²) in [6.07, 6.45) is 0. The van der Waals surface area contributed by atoms with Gasteiger partial charge in [-0.1, -0.05) is 23.7 Å². The normalized spacial score (nSPS) is 12.0. The molecule has 30 heavy (non-hydrogen) atoms. The molecule has 7 heteroatoms. The number of carbonyl (C=O) groups excluding carboxylic acids is 3. The Hall–Kier alpha value is -2.60. The smallest absolute Gasteiger partial charge is 0.354 e. The summed E-state index contributed by atoms with van der Waals surface area (Å²) in [7, 11) is 1.32. The lowest BCUT2D eigenvalue weighted by atomic mass is 9.98. The van der Waals surface area contributed by atoms with Gasteiger partial charge in [0.25, 0.3) is 5.91 Å². The Balaban J connectivity index is 2.54. The molecule has 1 aromatic heterocycles. The Labute approximate surface area is 182 Å². The van der Waals surface area contributed by atoms with E-state index in [2.05, 4.69) is 0 Å². The highest BCUT2D eigenvalue weighted by atomic mass is 35.5. The van der Waals surface area contributed by atoms with E-state index in [1.807, 2.05) is 20.8 Å². The van der Waals surface area contributed by atoms with Crippen LogP contribution in [0.25, 0.3) is 0 Å². The fourth-order valence-electron chi connectivity index (χ4n) is 3.98. The zero-order chi connectivity index (χ0) is 22.7. The second kappa shape index (κ2) is 9.47. The number of methoxy groups -OCH3 is 1. The number of carbonyl (C=O) groups is 3. The summed E-state index contributed by atoms with van der Waals surface area (Å²) >= 11 is 6.23. The lowest BCUT2D eigenvalue weighted by Gasteiger charge is -2.32. The molecule has 0 spiro atoms. The maximum Gasteiger partial charge on any atom is 0.354 e. The molecule has 1 aromatic carbocycles. The molecule has 1 heterocycles. The lowest BCUT2D eigenvalue weighted by Crippen LogP contribution is -2.47. The standard InChI is InChI=1S/C23H29ClN2O4/c1-8-25-15(5)19(14(4)20(25)23(29)30-7)21(27)16(6)26(13(2)3)22(28)17-11-9-10-12-18(17)24/h9-13,16H,8H2,1-7H3. The minimum absolute atomic E-state index is 0.226. The topological polar surface area (TPSA) is 68.6 Å². The minimum atomic E-state index is -0.746. The van der Waals surface area contributed by atoms with E-state index < -0.39 is 12.0 Å². The third-order valence-electron chi connectivity index (χ3n) is 5.40.